The van der Waals surface area contributed by atoms with Crippen molar-refractivity contribution in [2.24, 2.45) is 11.8 Å². The Morgan fingerprint density at radius 2 is 1.77 bits per heavy atom. The van der Waals surface area contributed by atoms with E-state index in [0.717, 1.165) is 0 Å². The molecule has 0 aromatic rings. The van der Waals surface area contributed by atoms with Gasteiger partial charge in [0.25, 0.3) is 0 Å². The fraction of sp³-hybridized carbons (Fsp3) is 0.737. The largest absolute Gasteiger partial charge is 0.472 e. The number of carbonyl (C=O) groups is 3. The number of carbonyl (C=O) groups excluding carboxylic acids is 3. The molecule has 0 saturated carbocycles. The Balaban J connectivity index is 4.58. The number of hydrogen-bond donors (Lipinski definition) is 3. The molecule has 0 aromatic carbocycles. The van der Waals surface area contributed by atoms with Crippen LogP contribution in [0.25, 0.3) is 0 Å². The summed E-state index contributed by atoms with van der Waals surface area (Å²) in [5.74, 6) is -1.82. The van der Waals surface area contributed by atoms with E-state index in [1.807, 2.05) is 20.8 Å². The zero-order valence-electron chi connectivity index (χ0n) is 18.8. The monoisotopic (exact) mass is 466 g/mol. The molecule has 0 spiro atoms. The quantitative estimate of drug-likeness (QED) is 0.131. The second-order valence-electron chi connectivity index (χ2n) is 7.17. The van der Waals surface area contributed by atoms with Crippen LogP contribution in [0, 0.1) is 11.8 Å². The molecule has 0 heterocycles. The lowest BCUT2D eigenvalue weighted by Crippen LogP contribution is -2.35. The van der Waals surface area contributed by atoms with Crippen LogP contribution in [0.3, 0.4) is 0 Å². The van der Waals surface area contributed by atoms with Crippen molar-refractivity contribution in [3.8, 4) is 0 Å². The number of phosphoric ester groups is 1. The summed E-state index contributed by atoms with van der Waals surface area (Å²) in [6, 6.07) is 0. The molecule has 0 radical (unpaired) electrons. The summed E-state index contributed by atoms with van der Waals surface area (Å²) in [5.41, 5.74) is 0. The molecule has 11 nitrogen and oxygen atoms in total. The number of hydrogen-bond acceptors (Lipinski definition) is 9. The van der Waals surface area contributed by atoms with Crippen LogP contribution >= 0.6 is 7.82 Å². The highest BCUT2D eigenvalue weighted by molar-refractivity contribution is 7.47. The lowest BCUT2D eigenvalue weighted by molar-refractivity contribution is -0.162. The molecule has 0 aromatic heterocycles. The first-order valence-corrected chi connectivity index (χ1v) is 11.6. The van der Waals surface area contributed by atoms with Crippen LogP contribution in [0.5, 0.6) is 0 Å². The third-order valence-corrected chi connectivity index (χ3v) is 4.40. The molecule has 0 aliphatic rings. The Labute approximate surface area is 183 Å². The number of likely N-dealkylation sites (N-methyl/N-ethyl adjacent to an activating group) is 1. The Bertz CT molecular complexity index is 638. The number of esters is 2. The van der Waals surface area contributed by atoms with Crippen molar-refractivity contribution >= 4 is 25.7 Å². The van der Waals surface area contributed by atoms with Gasteiger partial charge in [0.05, 0.1) is 25.7 Å². The topological polar surface area (TPSA) is 149 Å². The standard InChI is InChI=1S/C19H35N2O9P/c1-6-20-11-17(22)21-9-10-28-31(25,26)29-13-16(30-19(24)15(4)5)12-27-18(23)8-7-14(2)3/h7-8,14-16,20H,6,9-13H2,1-5H3,(H,21,22)(H,25,26)/b8-7+. The van der Waals surface area contributed by atoms with E-state index in [9.17, 15) is 23.8 Å². The Morgan fingerprint density at radius 1 is 1.10 bits per heavy atom. The average Bonchev–Trinajstić information content (AvgIpc) is 2.69. The van der Waals surface area contributed by atoms with Crippen molar-refractivity contribution in [2.75, 3.05) is 39.5 Å². The maximum atomic E-state index is 12.0. The molecule has 0 aliphatic heterocycles. The summed E-state index contributed by atoms with van der Waals surface area (Å²) in [6.07, 6.45) is 1.79. The summed E-state index contributed by atoms with van der Waals surface area (Å²) in [6.45, 7) is 8.46. The third kappa shape index (κ3) is 16.6. The summed E-state index contributed by atoms with van der Waals surface area (Å²) >= 11 is 0. The lowest BCUT2D eigenvalue weighted by Gasteiger charge is -2.20. The molecule has 2 atom stereocenters. The molecule has 0 aliphatic carbocycles. The van der Waals surface area contributed by atoms with E-state index in [4.69, 9.17) is 18.5 Å². The van der Waals surface area contributed by atoms with Gasteiger partial charge in [-0.25, -0.2) is 9.36 Å². The molecule has 2 unspecified atom stereocenters. The van der Waals surface area contributed by atoms with Crippen molar-refractivity contribution in [3.63, 3.8) is 0 Å². The molecule has 12 heteroatoms. The highest BCUT2D eigenvalue weighted by Crippen LogP contribution is 2.43. The first-order chi connectivity index (χ1) is 14.5. The van der Waals surface area contributed by atoms with Crippen molar-refractivity contribution in [2.45, 2.75) is 40.7 Å². The highest BCUT2D eigenvalue weighted by Gasteiger charge is 2.26. The first-order valence-electron chi connectivity index (χ1n) is 10.1. The van der Waals surface area contributed by atoms with Gasteiger partial charge in [0, 0.05) is 12.6 Å². The van der Waals surface area contributed by atoms with Crippen molar-refractivity contribution in [3.05, 3.63) is 12.2 Å². The molecule has 1 amide bonds. The van der Waals surface area contributed by atoms with Gasteiger partial charge >= 0.3 is 19.8 Å². The van der Waals surface area contributed by atoms with Gasteiger partial charge in [0.1, 0.15) is 6.61 Å². The van der Waals surface area contributed by atoms with Gasteiger partial charge in [-0.3, -0.25) is 18.6 Å². The van der Waals surface area contributed by atoms with Crippen molar-refractivity contribution in [1.82, 2.24) is 10.6 Å². The van der Waals surface area contributed by atoms with Crippen LogP contribution in [0.2, 0.25) is 0 Å². The molecule has 0 fully saturated rings. The average molecular weight is 466 g/mol. The molecule has 0 rings (SSSR count). The van der Waals surface area contributed by atoms with E-state index in [-0.39, 0.29) is 38.1 Å². The minimum absolute atomic E-state index is 0.00367. The van der Waals surface area contributed by atoms with Crippen LogP contribution in [-0.4, -0.2) is 68.3 Å². The Morgan fingerprint density at radius 3 is 2.35 bits per heavy atom. The van der Waals surface area contributed by atoms with E-state index in [0.29, 0.717) is 6.54 Å². The molecule has 3 N–H and O–H groups in total. The normalized spacial score (nSPS) is 14.5. The summed E-state index contributed by atoms with van der Waals surface area (Å²) in [7, 11) is -4.48. The summed E-state index contributed by atoms with van der Waals surface area (Å²) in [4.78, 5) is 44.7. The zero-order chi connectivity index (χ0) is 23.9. The minimum atomic E-state index is -4.48. The van der Waals surface area contributed by atoms with Gasteiger partial charge < -0.3 is 25.0 Å². The van der Waals surface area contributed by atoms with Crippen LogP contribution < -0.4 is 10.6 Å². The van der Waals surface area contributed by atoms with Crippen molar-refractivity contribution < 1.29 is 42.4 Å². The SMILES string of the molecule is CCNCC(=O)NCCOP(=O)(O)OCC(COC(=O)/C=C/C(C)C)OC(=O)C(C)C. The lowest BCUT2D eigenvalue weighted by atomic mass is 10.2. The number of amides is 1. The maximum absolute atomic E-state index is 12.0. The number of rotatable bonds is 16. The van der Waals surface area contributed by atoms with E-state index in [1.165, 1.54) is 6.08 Å². The number of allylic oxidation sites excluding steroid dienone is 1. The predicted molar refractivity (Wildman–Crippen MR) is 113 cm³/mol. The van der Waals surface area contributed by atoms with E-state index < -0.39 is 38.4 Å². The second-order valence-corrected chi connectivity index (χ2v) is 8.63. The molecule has 0 saturated heterocycles. The Kier molecular flexibility index (Phi) is 15.0. The summed E-state index contributed by atoms with van der Waals surface area (Å²) < 4.78 is 31.8. The third-order valence-electron chi connectivity index (χ3n) is 3.42. The molecular formula is C19H35N2O9P. The van der Waals surface area contributed by atoms with Gasteiger partial charge in [0.2, 0.25) is 5.91 Å². The number of ether oxygens (including phenoxy) is 2. The highest BCUT2D eigenvalue weighted by atomic mass is 31.2. The number of nitrogens with one attached hydrogen (secondary N) is 2. The minimum Gasteiger partial charge on any atom is -0.458 e. The smallest absolute Gasteiger partial charge is 0.458 e. The van der Waals surface area contributed by atoms with Gasteiger partial charge in [-0.1, -0.05) is 40.7 Å². The number of phosphoric acid groups is 1. The second kappa shape index (κ2) is 15.9. The zero-order valence-corrected chi connectivity index (χ0v) is 19.7. The van der Waals surface area contributed by atoms with Crippen LogP contribution in [0.4, 0.5) is 0 Å². The molecule has 180 valence electrons. The molecular weight excluding hydrogens is 431 g/mol. The van der Waals surface area contributed by atoms with E-state index in [1.54, 1.807) is 19.9 Å². The van der Waals surface area contributed by atoms with E-state index in [2.05, 4.69) is 10.6 Å². The van der Waals surface area contributed by atoms with E-state index >= 15 is 0 Å². The fourth-order valence-electron chi connectivity index (χ4n) is 1.78. The first kappa shape index (κ1) is 29.2. The predicted octanol–water partition coefficient (Wildman–Crippen LogP) is 1.17. The van der Waals surface area contributed by atoms with Crippen LogP contribution in [0.1, 0.15) is 34.6 Å². The summed E-state index contributed by atoms with van der Waals surface area (Å²) in [5, 5.41) is 5.33. The van der Waals surface area contributed by atoms with Gasteiger partial charge in [-0.05, 0) is 12.5 Å². The van der Waals surface area contributed by atoms with Crippen LogP contribution in [0.15, 0.2) is 12.2 Å². The molecule has 0 bridgehead atoms. The fourth-order valence-corrected chi connectivity index (χ4v) is 2.53. The van der Waals surface area contributed by atoms with Crippen molar-refractivity contribution in [1.29, 1.82) is 0 Å². The Hall–Kier alpha value is -1.78. The van der Waals surface area contributed by atoms with Gasteiger partial charge in [-0.2, -0.15) is 0 Å². The molecule has 31 heavy (non-hydrogen) atoms. The van der Waals surface area contributed by atoms with Crippen LogP contribution in [-0.2, 0) is 37.5 Å². The van der Waals surface area contributed by atoms with Gasteiger partial charge in [0.15, 0.2) is 6.10 Å². The maximum Gasteiger partial charge on any atom is 0.472 e. The van der Waals surface area contributed by atoms with Gasteiger partial charge in [-0.15, -0.1) is 0 Å².